The van der Waals surface area contributed by atoms with Gasteiger partial charge in [-0.2, -0.15) is 4.72 Å². The zero-order valence-corrected chi connectivity index (χ0v) is 14.0. The first-order chi connectivity index (χ1) is 9.33. The zero-order chi connectivity index (χ0) is 15.3. The molecule has 0 aromatic heterocycles. The fourth-order valence-electron chi connectivity index (χ4n) is 1.65. The molecule has 0 aliphatic heterocycles. The van der Waals surface area contributed by atoms with Gasteiger partial charge in [0, 0.05) is 4.47 Å². The number of methoxy groups -OCH3 is 1. The molecule has 7 heteroatoms. The number of benzene rings is 1. The minimum absolute atomic E-state index is 0.0946. The van der Waals surface area contributed by atoms with Gasteiger partial charge in [0.2, 0.25) is 10.0 Å². The SMILES string of the molecule is CCC(C)C(NS(=O)(=O)c1ccccc1Br)C(=O)OC. The van der Waals surface area contributed by atoms with E-state index in [0.29, 0.717) is 10.9 Å². The molecule has 2 atom stereocenters. The van der Waals surface area contributed by atoms with E-state index in [1.165, 1.54) is 13.2 Å². The highest BCUT2D eigenvalue weighted by Gasteiger charge is 2.31. The van der Waals surface area contributed by atoms with Gasteiger partial charge in [0.05, 0.1) is 12.0 Å². The Morgan fingerprint density at radius 1 is 1.40 bits per heavy atom. The molecule has 0 saturated heterocycles. The van der Waals surface area contributed by atoms with E-state index in [1.54, 1.807) is 25.1 Å². The standard InChI is InChI=1S/C13H18BrNO4S/c1-4-9(2)12(13(16)19-3)15-20(17,18)11-8-6-5-7-10(11)14/h5-9,12,15H,4H2,1-3H3. The van der Waals surface area contributed by atoms with Crippen molar-refractivity contribution in [1.82, 2.24) is 4.72 Å². The number of nitrogens with one attached hydrogen (secondary N) is 1. The van der Waals surface area contributed by atoms with E-state index in [4.69, 9.17) is 0 Å². The summed E-state index contributed by atoms with van der Waals surface area (Å²) >= 11 is 3.19. The zero-order valence-electron chi connectivity index (χ0n) is 11.6. The number of rotatable bonds is 6. The smallest absolute Gasteiger partial charge is 0.324 e. The topological polar surface area (TPSA) is 72.5 Å². The summed E-state index contributed by atoms with van der Waals surface area (Å²) in [7, 11) is -2.56. The summed E-state index contributed by atoms with van der Waals surface area (Å²) in [4.78, 5) is 11.8. The van der Waals surface area contributed by atoms with Crippen LogP contribution in [0.5, 0.6) is 0 Å². The summed E-state index contributed by atoms with van der Waals surface area (Å²) in [5, 5.41) is 0. The van der Waals surface area contributed by atoms with Gasteiger partial charge >= 0.3 is 5.97 Å². The molecule has 0 heterocycles. The van der Waals surface area contributed by atoms with Crippen molar-refractivity contribution in [2.24, 2.45) is 5.92 Å². The monoisotopic (exact) mass is 363 g/mol. The number of carbonyl (C=O) groups excluding carboxylic acids is 1. The van der Waals surface area contributed by atoms with Gasteiger partial charge < -0.3 is 4.74 Å². The average Bonchev–Trinajstić information content (AvgIpc) is 2.43. The molecule has 5 nitrogen and oxygen atoms in total. The summed E-state index contributed by atoms with van der Waals surface area (Å²) in [5.41, 5.74) is 0. The predicted molar refractivity (Wildman–Crippen MR) is 79.7 cm³/mol. The largest absolute Gasteiger partial charge is 0.468 e. The van der Waals surface area contributed by atoms with Crippen LogP contribution in [0.25, 0.3) is 0 Å². The maximum absolute atomic E-state index is 12.4. The maximum Gasteiger partial charge on any atom is 0.324 e. The van der Waals surface area contributed by atoms with Crippen LogP contribution in [0.1, 0.15) is 20.3 Å². The third-order valence-corrected chi connectivity index (χ3v) is 5.53. The molecule has 1 aromatic rings. The predicted octanol–water partition coefficient (Wildman–Crippen LogP) is 2.32. The molecule has 1 N–H and O–H groups in total. The maximum atomic E-state index is 12.4. The fraction of sp³-hybridized carbons (Fsp3) is 0.462. The van der Waals surface area contributed by atoms with Crippen molar-refractivity contribution in [3.8, 4) is 0 Å². The Morgan fingerprint density at radius 3 is 2.50 bits per heavy atom. The molecule has 2 unspecified atom stereocenters. The van der Waals surface area contributed by atoms with Crippen LogP contribution < -0.4 is 4.72 Å². The Bertz CT molecular complexity index is 573. The van der Waals surface area contributed by atoms with Crippen LogP contribution in [0, 0.1) is 5.92 Å². The van der Waals surface area contributed by atoms with E-state index in [9.17, 15) is 13.2 Å². The van der Waals surface area contributed by atoms with E-state index >= 15 is 0 Å². The van der Waals surface area contributed by atoms with Gasteiger partial charge in [-0.1, -0.05) is 32.4 Å². The number of halogens is 1. The molecule has 112 valence electrons. The highest BCUT2D eigenvalue weighted by atomic mass is 79.9. The van der Waals surface area contributed by atoms with E-state index in [2.05, 4.69) is 25.4 Å². The Morgan fingerprint density at radius 2 is 2.00 bits per heavy atom. The second-order valence-electron chi connectivity index (χ2n) is 4.44. The van der Waals surface area contributed by atoms with Crippen molar-refractivity contribution in [1.29, 1.82) is 0 Å². The lowest BCUT2D eigenvalue weighted by atomic mass is 10.0. The number of sulfonamides is 1. The van der Waals surface area contributed by atoms with Gasteiger partial charge in [0.15, 0.2) is 0 Å². The molecule has 0 radical (unpaired) electrons. The van der Waals surface area contributed by atoms with Crippen LogP contribution >= 0.6 is 15.9 Å². The van der Waals surface area contributed by atoms with E-state index in [0.717, 1.165) is 0 Å². The molecular formula is C13H18BrNO4S. The first kappa shape index (κ1) is 17.1. The minimum atomic E-state index is -3.80. The second-order valence-corrected chi connectivity index (χ2v) is 6.97. The molecule has 1 aromatic carbocycles. The third kappa shape index (κ3) is 4.04. The van der Waals surface area contributed by atoms with Crippen LogP contribution in [-0.2, 0) is 19.6 Å². The van der Waals surface area contributed by atoms with Gasteiger partial charge in [-0.3, -0.25) is 4.79 Å². The summed E-state index contributed by atoms with van der Waals surface area (Å²) < 4.78 is 32.2. The van der Waals surface area contributed by atoms with Crippen LogP contribution in [0.2, 0.25) is 0 Å². The molecule has 0 fully saturated rings. The Kier molecular flexibility index (Phi) is 6.16. The molecule has 0 aliphatic carbocycles. The summed E-state index contributed by atoms with van der Waals surface area (Å²) in [6.07, 6.45) is 0.651. The number of carbonyl (C=O) groups is 1. The molecule has 1 rings (SSSR count). The van der Waals surface area contributed by atoms with Crippen molar-refractivity contribution in [3.05, 3.63) is 28.7 Å². The average molecular weight is 364 g/mol. The first-order valence-electron chi connectivity index (χ1n) is 6.18. The molecule has 20 heavy (non-hydrogen) atoms. The summed E-state index contributed by atoms with van der Waals surface area (Å²) in [6, 6.07) is 5.54. The number of hydrogen-bond donors (Lipinski definition) is 1. The van der Waals surface area contributed by atoms with Crippen LogP contribution in [0.15, 0.2) is 33.6 Å². The van der Waals surface area contributed by atoms with Crippen molar-refractivity contribution in [2.45, 2.75) is 31.2 Å². The van der Waals surface area contributed by atoms with Gasteiger partial charge in [0.1, 0.15) is 6.04 Å². The summed E-state index contributed by atoms with van der Waals surface area (Å²) in [6.45, 7) is 3.68. The lowest BCUT2D eigenvalue weighted by Crippen LogP contribution is -2.45. The summed E-state index contributed by atoms with van der Waals surface area (Å²) in [5.74, 6) is -0.755. The Hall–Kier alpha value is -0.920. The van der Waals surface area contributed by atoms with Gasteiger partial charge in [-0.05, 0) is 34.0 Å². The van der Waals surface area contributed by atoms with Crippen molar-refractivity contribution >= 4 is 31.9 Å². The van der Waals surface area contributed by atoms with Gasteiger partial charge in [0.25, 0.3) is 0 Å². The van der Waals surface area contributed by atoms with E-state index in [1.807, 2.05) is 6.92 Å². The minimum Gasteiger partial charge on any atom is -0.468 e. The molecule has 0 amide bonds. The second kappa shape index (κ2) is 7.19. The van der Waals surface area contributed by atoms with Gasteiger partial charge in [-0.25, -0.2) is 8.42 Å². The molecular weight excluding hydrogens is 346 g/mol. The highest BCUT2D eigenvalue weighted by Crippen LogP contribution is 2.22. The molecule has 0 saturated carbocycles. The normalized spacial score (nSPS) is 14.6. The molecule has 0 bridgehead atoms. The number of esters is 1. The van der Waals surface area contributed by atoms with Crippen LogP contribution in [0.3, 0.4) is 0 Å². The third-order valence-electron chi connectivity index (χ3n) is 3.08. The lowest BCUT2D eigenvalue weighted by molar-refractivity contribution is -0.143. The van der Waals surface area contributed by atoms with Crippen LogP contribution in [0.4, 0.5) is 0 Å². The Labute approximate surface area is 127 Å². The van der Waals surface area contributed by atoms with E-state index in [-0.39, 0.29) is 10.8 Å². The van der Waals surface area contributed by atoms with Gasteiger partial charge in [-0.15, -0.1) is 0 Å². The van der Waals surface area contributed by atoms with Crippen molar-refractivity contribution in [3.63, 3.8) is 0 Å². The number of ether oxygens (including phenoxy) is 1. The Balaban J connectivity index is 3.10. The first-order valence-corrected chi connectivity index (χ1v) is 8.45. The van der Waals surface area contributed by atoms with Crippen molar-refractivity contribution in [2.75, 3.05) is 7.11 Å². The number of hydrogen-bond acceptors (Lipinski definition) is 4. The quantitative estimate of drug-likeness (QED) is 0.787. The lowest BCUT2D eigenvalue weighted by Gasteiger charge is -2.22. The molecule has 0 spiro atoms. The molecule has 0 aliphatic rings. The van der Waals surface area contributed by atoms with Crippen LogP contribution in [-0.4, -0.2) is 27.5 Å². The fourth-order valence-corrected chi connectivity index (χ4v) is 3.95. The van der Waals surface area contributed by atoms with E-state index < -0.39 is 22.0 Å². The highest BCUT2D eigenvalue weighted by molar-refractivity contribution is 9.10. The van der Waals surface area contributed by atoms with Crippen molar-refractivity contribution < 1.29 is 17.9 Å².